The van der Waals surface area contributed by atoms with E-state index < -0.39 is 34.1 Å². The zero-order valence-corrected chi connectivity index (χ0v) is 19.7. The fourth-order valence-electron chi connectivity index (χ4n) is 2.88. The van der Waals surface area contributed by atoms with E-state index >= 15 is 0 Å². The number of anilines is 1. The Bertz CT molecular complexity index is 1260. The molecule has 162 valence electrons. The third kappa shape index (κ3) is 6.06. The average Bonchev–Trinajstić information content (AvgIpc) is 2.74. The Balaban J connectivity index is 1.53. The summed E-state index contributed by atoms with van der Waals surface area (Å²) >= 11 is 9.32. The molecule has 3 aromatic carbocycles. The summed E-state index contributed by atoms with van der Waals surface area (Å²) in [4.78, 5) is 24.2. The number of carbonyl (C=O) groups is 2. The topological polar surface area (TPSA) is 89.5 Å². The lowest BCUT2D eigenvalue weighted by molar-refractivity contribution is -0.146. The molecular formula is C22H19BrClNO5S. The molecule has 1 amide bonds. The number of rotatable bonds is 7. The summed E-state index contributed by atoms with van der Waals surface area (Å²) in [7, 11) is -3.67. The number of hydrogen-bond donors (Lipinski definition) is 1. The summed E-state index contributed by atoms with van der Waals surface area (Å²) in [6.07, 6.45) is -0.356. The maximum atomic E-state index is 12.6. The number of fused-ring (bicyclic) bond motifs is 1. The van der Waals surface area contributed by atoms with Crippen molar-refractivity contribution in [1.29, 1.82) is 0 Å². The standard InChI is InChI=1S/C22H19BrClNO5S/c1-14-10-18(23)19(24)12-20(14)25-21(26)13-30-22(27)8-9-31(28,29)17-7-6-15-4-2-3-5-16(15)11-17/h2-7,10-12H,8-9,13H2,1H3,(H,25,26). The highest BCUT2D eigenvalue weighted by Gasteiger charge is 2.18. The summed E-state index contributed by atoms with van der Waals surface area (Å²) in [6, 6.07) is 15.6. The molecule has 3 aromatic rings. The number of nitrogens with one attached hydrogen (secondary N) is 1. The van der Waals surface area contributed by atoms with Crippen molar-refractivity contribution in [3.8, 4) is 0 Å². The van der Waals surface area contributed by atoms with Gasteiger partial charge in [0.25, 0.3) is 5.91 Å². The lowest BCUT2D eigenvalue weighted by atomic mass is 10.1. The third-order valence-corrected chi connectivity index (χ3v) is 7.47. The molecule has 0 aliphatic carbocycles. The summed E-state index contributed by atoms with van der Waals surface area (Å²) in [5.41, 5.74) is 1.27. The van der Waals surface area contributed by atoms with E-state index in [0.29, 0.717) is 15.2 Å². The normalized spacial score (nSPS) is 11.3. The predicted molar refractivity (Wildman–Crippen MR) is 124 cm³/mol. The van der Waals surface area contributed by atoms with Crippen LogP contribution in [0.2, 0.25) is 5.02 Å². The molecule has 9 heteroatoms. The highest BCUT2D eigenvalue weighted by molar-refractivity contribution is 9.10. The van der Waals surface area contributed by atoms with Crippen LogP contribution in [0.4, 0.5) is 5.69 Å². The van der Waals surface area contributed by atoms with Gasteiger partial charge in [0.2, 0.25) is 0 Å². The van der Waals surface area contributed by atoms with Crippen LogP contribution in [0, 0.1) is 6.92 Å². The quantitative estimate of drug-likeness (QED) is 0.444. The number of carbonyl (C=O) groups excluding carboxylic acids is 2. The van der Waals surface area contributed by atoms with Crippen LogP contribution in [0.5, 0.6) is 0 Å². The summed E-state index contributed by atoms with van der Waals surface area (Å²) < 4.78 is 30.7. The molecule has 0 aliphatic heterocycles. The molecule has 0 spiro atoms. The summed E-state index contributed by atoms with van der Waals surface area (Å²) in [5, 5.41) is 4.76. The average molecular weight is 525 g/mol. The lowest BCUT2D eigenvalue weighted by Gasteiger charge is -2.10. The molecule has 0 atom stereocenters. The van der Waals surface area contributed by atoms with Crippen LogP contribution in [0.3, 0.4) is 0 Å². The number of amides is 1. The molecule has 0 aromatic heterocycles. The van der Waals surface area contributed by atoms with E-state index in [9.17, 15) is 18.0 Å². The summed E-state index contributed by atoms with van der Waals surface area (Å²) in [5.74, 6) is -1.73. The Morgan fingerprint density at radius 2 is 1.77 bits per heavy atom. The van der Waals surface area contributed by atoms with Gasteiger partial charge in [0, 0.05) is 10.2 Å². The molecule has 0 heterocycles. The molecule has 0 radical (unpaired) electrons. The van der Waals surface area contributed by atoms with Crippen LogP contribution in [-0.4, -0.2) is 32.7 Å². The predicted octanol–water partition coefficient (Wildman–Crippen LogP) is 4.91. The van der Waals surface area contributed by atoms with Crippen LogP contribution in [0.15, 0.2) is 64.0 Å². The van der Waals surface area contributed by atoms with Gasteiger partial charge < -0.3 is 10.1 Å². The Kier molecular flexibility index (Phi) is 7.35. The van der Waals surface area contributed by atoms with Crippen molar-refractivity contribution in [2.24, 2.45) is 0 Å². The lowest BCUT2D eigenvalue weighted by Crippen LogP contribution is -2.22. The van der Waals surface area contributed by atoms with Crippen molar-refractivity contribution in [1.82, 2.24) is 0 Å². The van der Waals surface area contributed by atoms with Gasteiger partial charge in [-0.25, -0.2) is 8.42 Å². The first kappa shape index (κ1) is 23.2. The van der Waals surface area contributed by atoms with Gasteiger partial charge in [0.15, 0.2) is 16.4 Å². The zero-order chi connectivity index (χ0) is 22.6. The minimum atomic E-state index is -3.67. The van der Waals surface area contributed by atoms with Crippen LogP contribution >= 0.6 is 27.5 Å². The highest BCUT2D eigenvalue weighted by Crippen LogP contribution is 2.29. The smallest absolute Gasteiger partial charge is 0.307 e. The van der Waals surface area contributed by atoms with Gasteiger partial charge in [0.05, 0.1) is 22.1 Å². The molecule has 3 rings (SSSR count). The van der Waals surface area contributed by atoms with E-state index in [0.717, 1.165) is 16.3 Å². The Morgan fingerprint density at radius 3 is 2.52 bits per heavy atom. The first-order valence-electron chi connectivity index (χ1n) is 9.28. The van der Waals surface area contributed by atoms with Gasteiger partial charge in [-0.15, -0.1) is 0 Å². The maximum Gasteiger partial charge on any atom is 0.307 e. The van der Waals surface area contributed by atoms with Gasteiger partial charge in [-0.05, 0) is 63.5 Å². The number of sulfone groups is 1. The first-order valence-corrected chi connectivity index (χ1v) is 12.1. The first-order chi connectivity index (χ1) is 14.7. The second-order valence-electron chi connectivity index (χ2n) is 6.87. The van der Waals surface area contributed by atoms with Gasteiger partial charge in [-0.2, -0.15) is 0 Å². The second-order valence-corrected chi connectivity index (χ2v) is 10.2. The Hall–Kier alpha value is -2.42. The monoisotopic (exact) mass is 523 g/mol. The SMILES string of the molecule is Cc1cc(Br)c(Cl)cc1NC(=O)COC(=O)CCS(=O)(=O)c1ccc2ccccc2c1. The molecule has 6 nitrogen and oxygen atoms in total. The number of aryl methyl sites for hydroxylation is 1. The Morgan fingerprint density at radius 1 is 1.06 bits per heavy atom. The molecule has 0 fully saturated rings. The van der Waals surface area contributed by atoms with E-state index in [1.165, 1.54) is 6.07 Å². The third-order valence-electron chi connectivity index (χ3n) is 4.56. The maximum absolute atomic E-state index is 12.6. The van der Waals surface area contributed by atoms with E-state index in [2.05, 4.69) is 21.2 Å². The highest BCUT2D eigenvalue weighted by atomic mass is 79.9. The number of halogens is 2. The van der Waals surface area contributed by atoms with Crippen molar-refractivity contribution < 1.29 is 22.7 Å². The van der Waals surface area contributed by atoms with Gasteiger partial charge in [-0.3, -0.25) is 9.59 Å². The largest absolute Gasteiger partial charge is 0.456 e. The minimum Gasteiger partial charge on any atom is -0.456 e. The van der Waals surface area contributed by atoms with Gasteiger partial charge in [-0.1, -0.05) is 41.9 Å². The molecule has 31 heavy (non-hydrogen) atoms. The second kappa shape index (κ2) is 9.80. The molecule has 0 bridgehead atoms. The van der Waals surface area contributed by atoms with Crippen molar-refractivity contribution >= 4 is 65.7 Å². The number of hydrogen-bond acceptors (Lipinski definition) is 5. The minimum absolute atomic E-state index is 0.138. The van der Waals surface area contributed by atoms with E-state index in [1.54, 1.807) is 31.2 Å². The van der Waals surface area contributed by atoms with Crippen molar-refractivity contribution in [2.75, 3.05) is 17.7 Å². The van der Waals surface area contributed by atoms with Crippen LogP contribution in [0.25, 0.3) is 10.8 Å². The molecule has 1 N–H and O–H groups in total. The van der Waals surface area contributed by atoms with Crippen molar-refractivity contribution in [2.45, 2.75) is 18.2 Å². The molecular weight excluding hydrogens is 506 g/mol. The molecule has 0 saturated heterocycles. The van der Waals surface area contributed by atoms with Crippen LogP contribution < -0.4 is 5.32 Å². The van der Waals surface area contributed by atoms with Crippen LogP contribution in [0.1, 0.15) is 12.0 Å². The van der Waals surface area contributed by atoms with Gasteiger partial charge in [0.1, 0.15) is 0 Å². The van der Waals surface area contributed by atoms with E-state index in [4.69, 9.17) is 16.3 Å². The molecule has 0 unspecified atom stereocenters. The number of ether oxygens (including phenoxy) is 1. The zero-order valence-electron chi connectivity index (χ0n) is 16.5. The van der Waals surface area contributed by atoms with Crippen LogP contribution in [-0.2, 0) is 24.2 Å². The van der Waals surface area contributed by atoms with Crippen molar-refractivity contribution in [3.05, 3.63) is 69.7 Å². The fourth-order valence-corrected chi connectivity index (χ4v) is 4.76. The Labute approximate surface area is 193 Å². The summed E-state index contributed by atoms with van der Waals surface area (Å²) in [6.45, 7) is 1.27. The molecule has 0 aliphatic rings. The van der Waals surface area contributed by atoms with E-state index in [-0.39, 0.29) is 11.3 Å². The fraction of sp³-hybridized carbons (Fsp3) is 0.182. The number of benzene rings is 3. The van der Waals surface area contributed by atoms with Crippen molar-refractivity contribution in [3.63, 3.8) is 0 Å². The number of esters is 1. The van der Waals surface area contributed by atoms with E-state index in [1.807, 2.05) is 24.3 Å². The van der Waals surface area contributed by atoms with Gasteiger partial charge >= 0.3 is 5.97 Å². The molecule has 0 saturated carbocycles.